The first-order chi connectivity index (χ1) is 10.2. The van der Waals surface area contributed by atoms with Gasteiger partial charge in [-0.1, -0.05) is 23.2 Å². The van der Waals surface area contributed by atoms with Crippen molar-refractivity contribution >= 4 is 45.8 Å². The summed E-state index contributed by atoms with van der Waals surface area (Å²) in [7, 11) is 0. The van der Waals surface area contributed by atoms with Crippen LogP contribution in [0.5, 0.6) is 0 Å². The monoisotopic (exact) mass is 346 g/mol. The third-order valence-corrected chi connectivity index (χ3v) is 4.80. The van der Waals surface area contributed by atoms with Crippen LogP contribution < -0.4 is 0 Å². The molecule has 0 aliphatic carbocycles. The number of halogens is 3. The summed E-state index contributed by atoms with van der Waals surface area (Å²) in [5, 5.41) is 1.09. The Morgan fingerprint density at radius 1 is 1.29 bits per heavy atom. The first-order valence-electron chi connectivity index (χ1n) is 7.21. The minimum atomic E-state index is 0.356. The van der Waals surface area contributed by atoms with Gasteiger partial charge in [0.05, 0.1) is 27.2 Å². The molecule has 2 aromatic rings. The Hall–Kier alpha value is -0.480. The summed E-state index contributed by atoms with van der Waals surface area (Å²) in [4.78, 5) is 4.64. The lowest BCUT2D eigenvalue weighted by Gasteiger charge is -2.12. The number of ether oxygens (including phenoxy) is 1. The van der Waals surface area contributed by atoms with Gasteiger partial charge in [-0.2, -0.15) is 0 Å². The van der Waals surface area contributed by atoms with Gasteiger partial charge in [0.15, 0.2) is 0 Å². The lowest BCUT2D eigenvalue weighted by atomic mass is 10.2. The fourth-order valence-electron chi connectivity index (χ4n) is 2.84. The van der Waals surface area contributed by atoms with E-state index in [0.717, 1.165) is 55.7 Å². The maximum Gasteiger partial charge on any atom is 0.111 e. The van der Waals surface area contributed by atoms with E-state index in [2.05, 4.69) is 9.55 Å². The average Bonchev–Trinajstić information content (AvgIpc) is 3.06. The molecule has 0 N–H and O–H groups in total. The van der Waals surface area contributed by atoms with Crippen molar-refractivity contribution in [3.63, 3.8) is 0 Å². The Balaban J connectivity index is 1.92. The number of hydrogen-bond donors (Lipinski definition) is 0. The highest BCUT2D eigenvalue weighted by molar-refractivity contribution is 6.42. The standard InChI is InChI=1S/C15H17Cl3N2O/c16-5-3-15-19-13-8-11(17)12(18)9-14(13)20(15)6-4-10-2-1-7-21-10/h8-10H,1-7H2. The third kappa shape index (κ3) is 3.31. The molecule has 0 bridgehead atoms. The third-order valence-electron chi connectivity index (χ3n) is 3.89. The maximum absolute atomic E-state index is 6.15. The molecule has 21 heavy (non-hydrogen) atoms. The molecule has 0 spiro atoms. The van der Waals surface area contributed by atoms with Gasteiger partial charge in [-0.15, -0.1) is 11.6 Å². The first-order valence-corrected chi connectivity index (χ1v) is 8.50. The van der Waals surface area contributed by atoms with E-state index in [1.165, 1.54) is 0 Å². The molecule has 3 rings (SSSR count). The van der Waals surface area contributed by atoms with Crippen LogP contribution in [-0.2, 0) is 17.7 Å². The number of nitrogens with zero attached hydrogens (tertiary/aromatic N) is 2. The van der Waals surface area contributed by atoms with Crippen LogP contribution in [0.1, 0.15) is 25.1 Å². The quantitative estimate of drug-likeness (QED) is 0.733. The van der Waals surface area contributed by atoms with Crippen molar-refractivity contribution in [3.8, 4) is 0 Å². The largest absolute Gasteiger partial charge is 0.378 e. The number of alkyl halides is 1. The second-order valence-corrected chi connectivity index (χ2v) is 6.49. The van der Waals surface area contributed by atoms with Gasteiger partial charge in [0.2, 0.25) is 0 Å². The number of rotatable bonds is 5. The van der Waals surface area contributed by atoms with Gasteiger partial charge in [-0.25, -0.2) is 4.98 Å². The number of fused-ring (bicyclic) bond motifs is 1. The van der Waals surface area contributed by atoms with Gasteiger partial charge in [0, 0.05) is 25.5 Å². The molecule has 3 nitrogen and oxygen atoms in total. The van der Waals surface area contributed by atoms with Gasteiger partial charge in [-0.3, -0.25) is 0 Å². The highest BCUT2D eigenvalue weighted by atomic mass is 35.5. The molecule has 0 radical (unpaired) electrons. The van der Waals surface area contributed by atoms with E-state index in [4.69, 9.17) is 39.5 Å². The van der Waals surface area contributed by atoms with Crippen LogP contribution >= 0.6 is 34.8 Å². The van der Waals surface area contributed by atoms with Crippen LogP contribution in [0.25, 0.3) is 11.0 Å². The molecule has 0 amide bonds. The molecule has 1 aliphatic heterocycles. The Kier molecular flexibility index (Phi) is 4.95. The predicted octanol–water partition coefficient (Wildman–Crippen LogP) is 4.69. The van der Waals surface area contributed by atoms with Gasteiger partial charge in [-0.05, 0) is 31.4 Å². The van der Waals surface area contributed by atoms with E-state index in [9.17, 15) is 0 Å². The summed E-state index contributed by atoms with van der Waals surface area (Å²) in [6.07, 6.45) is 4.38. The van der Waals surface area contributed by atoms with Crippen molar-refractivity contribution < 1.29 is 4.74 Å². The van der Waals surface area contributed by atoms with Crippen LogP contribution in [-0.4, -0.2) is 28.1 Å². The second kappa shape index (κ2) is 6.74. The molecular weight excluding hydrogens is 331 g/mol. The van der Waals surface area contributed by atoms with Gasteiger partial charge in [0.25, 0.3) is 0 Å². The molecular formula is C15H17Cl3N2O. The summed E-state index contributed by atoms with van der Waals surface area (Å²) in [5.74, 6) is 1.53. The van der Waals surface area contributed by atoms with Crippen molar-refractivity contribution in [2.75, 3.05) is 12.5 Å². The maximum atomic E-state index is 6.15. The highest BCUT2D eigenvalue weighted by Crippen LogP contribution is 2.29. The summed E-state index contributed by atoms with van der Waals surface area (Å²) >= 11 is 18.1. The molecule has 1 unspecified atom stereocenters. The van der Waals surface area contributed by atoms with Crippen molar-refractivity contribution in [1.82, 2.24) is 9.55 Å². The summed E-state index contributed by atoms with van der Waals surface area (Å²) in [5.41, 5.74) is 1.89. The molecule has 1 aliphatic rings. The van der Waals surface area contributed by atoms with E-state index in [-0.39, 0.29) is 0 Å². The van der Waals surface area contributed by atoms with Gasteiger partial charge < -0.3 is 9.30 Å². The minimum absolute atomic E-state index is 0.356. The summed E-state index contributed by atoms with van der Waals surface area (Å²) < 4.78 is 7.90. The SMILES string of the molecule is ClCCc1nc2cc(Cl)c(Cl)cc2n1CCC1CCCO1. The molecule has 6 heteroatoms. The Morgan fingerprint density at radius 3 is 2.81 bits per heavy atom. The minimum Gasteiger partial charge on any atom is -0.378 e. The number of aryl methyl sites for hydroxylation is 2. The zero-order valence-electron chi connectivity index (χ0n) is 11.6. The van der Waals surface area contributed by atoms with E-state index >= 15 is 0 Å². The zero-order valence-corrected chi connectivity index (χ0v) is 13.9. The molecule has 0 saturated carbocycles. The number of aromatic nitrogens is 2. The van der Waals surface area contributed by atoms with Crippen LogP contribution in [0, 0.1) is 0 Å². The molecule has 1 aromatic heterocycles. The van der Waals surface area contributed by atoms with Crippen molar-refractivity contribution in [2.45, 2.75) is 38.3 Å². The lowest BCUT2D eigenvalue weighted by molar-refractivity contribution is 0.100. The number of benzene rings is 1. The fourth-order valence-corrected chi connectivity index (χ4v) is 3.32. The molecule has 1 saturated heterocycles. The number of imidazole rings is 1. The molecule has 1 fully saturated rings. The predicted molar refractivity (Wildman–Crippen MR) is 87.8 cm³/mol. The smallest absolute Gasteiger partial charge is 0.111 e. The number of hydrogen-bond acceptors (Lipinski definition) is 2. The second-order valence-electron chi connectivity index (χ2n) is 5.30. The first kappa shape index (κ1) is 15.4. The van der Waals surface area contributed by atoms with E-state index in [0.29, 0.717) is 22.0 Å². The van der Waals surface area contributed by atoms with Crippen LogP contribution in [0.4, 0.5) is 0 Å². The Bertz CT molecular complexity index is 635. The summed E-state index contributed by atoms with van der Waals surface area (Å²) in [6.45, 7) is 1.75. The van der Waals surface area contributed by atoms with Crippen LogP contribution in [0.3, 0.4) is 0 Å². The van der Waals surface area contributed by atoms with Crippen molar-refractivity contribution in [2.24, 2.45) is 0 Å². The Morgan fingerprint density at radius 2 is 2.10 bits per heavy atom. The van der Waals surface area contributed by atoms with Gasteiger partial charge >= 0.3 is 0 Å². The van der Waals surface area contributed by atoms with Gasteiger partial charge in [0.1, 0.15) is 5.82 Å². The van der Waals surface area contributed by atoms with Crippen LogP contribution in [0.15, 0.2) is 12.1 Å². The topological polar surface area (TPSA) is 27.1 Å². The molecule has 2 heterocycles. The van der Waals surface area contributed by atoms with E-state index < -0.39 is 0 Å². The molecule has 1 atom stereocenters. The molecule has 114 valence electrons. The van der Waals surface area contributed by atoms with E-state index in [1.807, 2.05) is 12.1 Å². The fraction of sp³-hybridized carbons (Fsp3) is 0.533. The van der Waals surface area contributed by atoms with Crippen molar-refractivity contribution in [1.29, 1.82) is 0 Å². The highest BCUT2D eigenvalue weighted by Gasteiger charge is 2.18. The van der Waals surface area contributed by atoms with Crippen molar-refractivity contribution in [3.05, 3.63) is 28.0 Å². The average molecular weight is 348 g/mol. The Labute approximate surface area is 139 Å². The summed E-state index contributed by atoms with van der Waals surface area (Å²) in [6, 6.07) is 3.71. The normalized spacial score (nSPS) is 18.7. The molecule has 1 aromatic carbocycles. The van der Waals surface area contributed by atoms with E-state index in [1.54, 1.807) is 0 Å². The lowest BCUT2D eigenvalue weighted by Crippen LogP contribution is -2.12. The van der Waals surface area contributed by atoms with Crippen LogP contribution in [0.2, 0.25) is 10.0 Å². The zero-order chi connectivity index (χ0) is 14.8.